The molecule has 1 saturated carbocycles. The number of fused-ring (bicyclic) bond motifs is 3. The Balaban J connectivity index is 1.48. The maximum absolute atomic E-state index is 13.8. The number of alkyl halides is 3. The molecule has 0 saturated heterocycles. The summed E-state index contributed by atoms with van der Waals surface area (Å²) >= 11 is 0. The highest BCUT2D eigenvalue weighted by Crippen LogP contribution is 2.53. The third-order valence-corrected chi connectivity index (χ3v) is 8.40. The SMILES string of the molecule is CN(C)c1cc(CNCc2ccc(OC(F)(F)F)cc2)c(O)c2c1C[C@H]1C[C@H]3CC(=O)C(C(N)=O)=C(O)[C@@]3(O)C(=O)C1=C2O. The van der Waals surface area contributed by atoms with Crippen molar-refractivity contribution < 1.29 is 52.7 Å². The van der Waals surface area contributed by atoms with Crippen LogP contribution in [0.2, 0.25) is 0 Å². The Morgan fingerprint density at radius 1 is 1.11 bits per heavy atom. The number of aromatic hydroxyl groups is 1. The maximum atomic E-state index is 13.8. The first-order valence-corrected chi connectivity index (χ1v) is 13.6. The molecule has 11 nitrogen and oxygen atoms in total. The third kappa shape index (κ3) is 5.13. The number of primary amides is 1. The number of ketones is 2. The molecular weight excluding hydrogens is 587 g/mol. The van der Waals surface area contributed by atoms with E-state index in [9.17, 15) is 48.0 Å². The number of phenolic OH excluding ortho intramolecular Hbond substituents is 1. The van der Waals surface area contributed by atoms with Gasteiger partial charge >= 0.3 is 6.36 Å². The molecule has 5 rings (SSSR count). The minimum absolute atomic E-state index is 0.0205. The van der Waals surface area contributed by atoms with E-state index in [-0.39, 0.29) is 48.6 Å². The lowest BCUT2D eigenvalue weighted by Crippen LogP contribution is -2.58. The van der Waals surface area contributed by atoms with Crippen LogP contribution in [0.1, 0.15) is 35.1 Å². The van der Waals surface area contributed by atoms with Gasteiger partial charge in [-0.05, 0) is 48.1 Å². The van der Waals surface area contributed by atoms with Gasteiger partial charge in [-0.2, -0.15) is 0 Å². The van der Waals surface area contributed by atoms with Crippen molar-refractivity contribution in [2.45, 2.75) is 44.3 Å². The molecule has 2 aromatic carbocycles. The second-order valence-electron chi connectivity index (χ2n) is 11.4. The number of amides is 1. The molecule has 44 heavy (non-hydrogen) atoms. The first kappa shape index (κ1) is 30.9. The second kappa shape index (κ2) is 10.9. The number of carbonyl (C=O) groups is 3. The summed E-state index contributed by atoms with van der Waals surface area (Å²) in [5, 5.41) is 48.0. The number of ether oxygens (including phenoxy) is 1. The lowest BCUT2D eigenvalue weighted by molar-refractivity contribution is -0.274. The van der Waals surface area contributed by atoms with Crippen LogP contribution in [0.25, 0.3) is 5.76 Å². The largest absolute Gasteiger partial charge is 0.573 e. The number of nitrogens with one attached hydrogen (secondary N) is 1. The van der Waals surface area contributed by atoms with Crippen LogP contribution in [0.15, 0.2) is 47.2 Å². The molecule has 14 heteroatoms. The van der Waals surface area contributed by atoms with Gasteiger partial charge in [-0.1, -0.05) is 12.1 Å². The number of halogens is 3. The van der Waals surface area contributed by atoms with E-state index in [0.29, 0.717) is 22.4 Å². The van der Waals surface area contributed by atoms with Gasteiger partial charge in [0.05, 0.1) is 5.56 Å². The third-order valence-electron chi connectivity index (χ3n) is 8.40. The lowest BCUT2D eigenvalue weighted by atomic mass is 9.59. The number of anilines is 1. The maximum Gasteiger partial charge on any atom is 0.573 e. The molecule has 7 N–H and O–H groups in total. The Morgan fingerprint density at radius 2 is 1.77 bits per heavy atom. The van der Waals surface area contributed by atoms with E-state index in [1.165, 1.54) is 24.3 Å². The topological polar surface area (TPSA) is 183 Å². The number of rotatable bonds is 7. The number of hydrogen-bond donors (Lipinski definition) is 6. The molecule has 0 heterocycles. The fourth-order valence-corrected chi connectivity index (χ4v) is 6.41. The summed E-state index contributed by atoms with van der Waals surface area (Å²) in [6.07, 6.45) is -5.03. The molecule has 234 valence electrons. The molecular formula is C30H30F3N3O8. The first-order valence-electron chi connectivity index (χ1n) is 13.6. The number of nitrogens with zero attached hydrogens (tertiary/aromatic N) is 1. The monoisotopic (exact) mass is 617 g/mol. The molecule has 1 fully saturated rings. The summed E-state index contributed by atoms with van der Waals surface area (Å²) < 4.78 is 41.2. The van der Waals surface area contributed by atoms with Crippen LogP contribution < -0.4 is 20.7 Å². The Morgan fingerprint density at radius 3 is 2.36 bits per heavy atom. The lowest BCUT2D eigenvalue weighted by Gasteiger charge is -2.46. The zero-order valence-electron chi connectivity index (χ0n) is 23.7. The van der Waals surface area contributed by atoms with Gasteiger partial charge in [0.15, 0.2) is 11.4 Å². The fourth-order valence-electron chi connectivity index (χ4n) is 6.41. The minimum atomic E-state index is -4.81. The van der Waals surface area contributed by atoms with E-state index in [4.69, 9.17) is 5.73 Å². The molecule has 0 radical (unpaired) electrons. The van der Waals surface area contributed by atoms with E-state index >= 15 is 0 Å². The van der Waals surface area contributed by atoms with Crippen molar-refractivity contribution in [1.82, 2.24) is 5.32 Å². The van der Waals surface area contributed by atoms with Crippen molar-refractivity contribution in [3.63, 3.8) is 0 Å². The Labute approximate surface area is 249 Å². The number of carbonyl (C=O) groups excluding carboxylic acids is 3. The number of benzene rings is 2. The highest BCUT2D eigenvalue weighted by Gasteiger charge is 2.60. The second-order valence-corrected chi connectivity index (χ2v) is 11.4. The van der Waals surface area contributed by atoms with E-state index in [1.807, 2.05) is 0 Å². The van der Waals surface area contributed by atoms with Crippen LogP contribution in [0, 0.1) is 11.8 Å². The van der Waals surface area contributed by atoms with Crippen molar-refractivity contribution >= 4 is 28.9 Å². The number of nitrogens with two attached hydrogens (primary N) is 1. The summed E-state index contributed by atoms with van der Waals surface area (Å²) in [7, 11) is 3.51. The van der Waals surface area contributed by atoms with Crippen molar-refractivity contribution in [1.29, 1.82) is 0 Å². The molecule has 3 aliphatic carbocycles. The van der Waals surface area contributed by atoms with E-state index in [1.54, 1.807) is 25.1 Å². The van der Waals surface area contributed by atoms with Gasteiger partial charge in [0, 0.05) is 56.3 Å². The average Bonchev–Trinajstić information content (AvgIpc) is 2.91. The summed E-state index contributed by atoms with van der Waals surface area (Å²) in [5.74, 6) is -7.35. The van der Waals surface area contributed by atoms with Gasteiger partial charge in [0.25, 0.3) is 5.91 Å². The molecule has 0 unspecified atom stereocenters. The smallest absolute Gasteiger partial charge is 0.508 e. The van der Waals surface area contributed by atoms with Crippen LogP contribution in [0.4, 0.5) is 18.9 Å². The fraction of sp³-hybridized carbons (Fsp3) is 0.367. The molecule has 0 bridgehead atoms. The van der Waals surface area contributed by atoms with Gasteiger partial charge in [0.1, 0.15) is 28.6 Å². The average molecular weight is 618 g/mol. The minimum Gasteiger partial charge on any atom is -0.508 e. The number of Topliss-reactive ketones (excluding diaryl/α,β-unsaturated/α-hetero) is 2. The zero-order valence-corrected chi connectivity index (χ0v) is 23.7. The summed E-state index contributed by atoms with van der Waals surface area (Å²) in [6, 6.07) is 6.95. The summed E-state index contributed by atoms with van der Waals surface area (Å²) in [6.45, 7) is 0.259. The van der Waals surface area contributed by atoms with Crippen LogP contribution in [0.3, 0.4) is 0 Å². The van der Waals surface area contributed by atoms with Gasteiger partial charge in [-0.15, -0.1) is 13.2 Å². The molecule has 3 aliphatic rings. The molecule has 0 spiro atoms. The standard InChI is InChI=1S/C30H30F3N3O8/c1-36(2)19-9-15(12-35-11-13-3-5-17(6-4-13)44-30(31,32)33)24(38)22-18(19)8-14-7-16-10-20(37)23(28(34)42)27(41)29(16,43)26(40)21(14)25(22)39/h3-6,9,14,16,35,38-39,41,43H,7-8,10-12H2,1-2H3,(H2,34,42)/t14-,16+,29+/m1/s1. The number of aliphatic hydroxyl groups excluding tert-OH is 2. The van der Waals surface area contributed by atoms with Gasteiger partial charge < -0.3 is 41.1 Å². The van der Waals surface area contributed by atoms with E-state index in [2.05, 4.69) is 10.1 Å². The Kier molecular flexibility index (Phi) is 7.62. The molecule has 3 atom stereocenters. The highest BCUT2D eigenvalue weighted by atomic mass is 19.4. The quantitative estimate of drug-likeness (QED) is 0.253. The van der Waals surface area contributed by atoms with Crippen molar-refractivity contribution in [2.75, 3.05) is 19.0 Å². The predicted octanol–water partition coefficient (Wildman–Crippen LogP) is 2.68. The van der Waals surface area contributed by atoms with Crippen LogP contribution in [-0.2, 0) is 33.9 Å². The Hall–Kier alpha value is -4.56. The van der Waals surface area contributed by atoms with Crippen LogP contribution >= 0.6 is 0 Å². The van der Waals surface area contributed by atoms with Crippen molar-refractivity contribution in [2.24, 2.45) is 17.6 Å². The first-order chi connectivity index (χ1) is 20.5. The predicted molar refractivity (Wildman–Crippen MR) is 149 cm³/mol. The molecule has 0 aromatic heterocycles. The summed E-state index contributed by atoms with van der Waals surface area (Å²) in [4.78, 5) is 39.9. The van der Waals surface area contributed by atoms with Gasteiger partial charge in [-0.25, -0.2) is 0 Å². The van der Waals surface area contributed by atoms with E-state index in [0.717, 1.165) is 0 Å². The van der Waals surface area contributed by atoms with Gasteiger partial charge in [-0.3, -0.25) is 14.4 Å². The van der Waals surface area contributed by atoms with Crippen molar-refractivity contribution in [3.8, 4) is 11.5 Å². The molecule has 2 aromatic rings. The van der Waals surface area contributed by atoms with Crippen LogP contribution in [-0.4, -0.2) is 64.0 Å². The number of aliphatic hydroxyl groups is 3. The van der Waals surface area contributed by atoms with Crippen LogP contribution in [0.5, 0.6) is 11.5 Å². The number of hydrogen-bond acceptors (Lipinski definition) is 10. The number of phenols is 1. The highest BCUT2D eigenvalue weighted by molar-refractivity contribution is 6.22. The normalized spacial score (nSPS) is 23.2. The van der Waals surface area contributed by atoms with E-state index < -0.39 is 64.8 Å². The zero-order chi connectivity index (χ0) is 32.3. The van der Waals surface area contributed by atoms with Gasteiger partial charge in [0.2, 0.25) is 5.78 Å². The Bertz CT molecular complexity index is 1630. The summed E-state index contributed by atoms with van der Waals surface area (Å²) in [5.41, 5.74) is 3.55. The molecule has 1 amide bonds. The molecule has 0 aliphatic heterocycles. The van der Waals surface area contributed by atoms with Crippen molar-refractivity contribution in [3.05, 3.63) is 69.5 Å².